The van der Waals surface area contributed by atoms with Gasteiger partial charge in [-0.05, 0) is 30.2 Å². The number of aryl methyl sites for hydroxylation is 1. The van der Waals surface area contributed by atoms with Crippen molar-refractivity contribution in [2.75, 3.05) is 0 Å². The van der Waals surface area contributed by atoms with Crippen molar-refractivity contribution < 1.29 is 18.3 Å². The van der Waals surface area contributed by atoms with Crippen LogP contribution < -0.4 is 0 Å². The molecule has 0 aliphatic carbocycles. The molecule has 21 heavy (non-hydrogen) atoms. The van der Waals surface area contributed by atoms with E-state index in [9.17, 15) is 13.2 Å². The van der Waals surface area contributed by atoms with E-state index in [0.29, 0.717) is 6.07 Å². The molecule has 0 spiro atoms. The molecule has 0 heterocycles. The van der Waals surface area contributed by atoms with Crippen molar-refractivity contribution in [1.29, 1.82) is 5.26 Å². The van der Waals surface area contributed by atoms with Crippen LogP contribution in [0.3, 0.4) is 0 Å². The number of hydrogen-bond acceptors (Lipinski definition) is 2. The first kappa shape index (κ1) is 16.6. The van der Waals surface area contributed by atoms with Gasteiger partial charge in [-0.3, -0.25) is 0 Å². The first-order valence-corrected chi connectivity index (χ1v) is 6.22. The van der Waals surface area contributed by atoms with Crippen molar-refractivity contribution in [2.24, 2.45) is 0 Å². The highest BCUT2D eigenvalue weighted by Crippen LogP contribution is 2.33. The average molecular weight is 293 g/mol. The predicted octanol–water partition coefficient (Wildman–Crippen LogP) is 4.53. The summed E-state index contributed by atoms with van der Waals surface area (Å²) >= 11 is 0. The van der Waals surface area contributed by atoms with Crippen molar-refractivity contribution in [1.82, 2.24) is 0 Å². The summed E-state index contributed by atoms with van der Waals surface area (Å²) in [5.41, 5.74) is -0.201. The topological polar surface area (TPSA) is 44.0 Å². The van der Waals surface area contributed by atoms with E-state index in [-0.39, 0.29) is 0 Å². The molecule has 0 aliphatic heterocycles. The van der Waals surface area contributed by atoms with Crippen LogP contribution in [-0.4, -0.2) is 5.11 Å². The number of nitrogens with zero attached hydrogens (tertiary/aromatic N) is 1. The Morgan fingerprint density at radius 3 is 2.14 bits per heavy atom. The van der Waals surface area contributed by atoms with Gasteiger partial charge in [0.25, 0.3) is 0 Å². The highest BCUT2D eigenvalue weighted by atomic mass is 19.4. The molecule has 0 aliphatic rings. The Hall–Kier alpha value is -2.48. The Morgan fingerprint density at radius 1 is 1.10 bits per heavy atom. The Balaban J connectivity index is 0.000000235. The van der Waals surface area contributed by atoms with Gasteiger partial charge >= 0.3 is 6.18 Å². The monoisotopic (exact) mass is 293 g/mol. The first-order valence-electron chi connectivity index (χ1n) is 6.22. The van der Waals surface area contributed by atoms with Crippen LogP contribution in [0.15, 0.2) is 48.5 Å². The second-order valence-corrected chi connectivity index (χ2v) is 4.18. The van der Waals surface area contributed by atoms with E-state index in [2.05, 4.69) is 31.2 Å². The fourth-order valence-electron chi connectivity index (χ4n) is 1.58. The summed E-state index contributed by atoms with van der Waals surface area (Å²) in [5.74, 6) is -0.508. The third-order valence-electron chi connectivity index (χ3n) is 2.68. The smallest absolute Gasteiger partial charge is 0.417 e. The van der Waals surface area contributed by atoms with Crippen LogP contribution in [0.1, 0.15) is 23.6 Å². The number of alkyl halides is 3. The molecule has 0 bridgehead atoms. The van der Waals surface area contributed by atoms with Crippen LogP contribution in [0.2, 0.25) is 0 Å². The lowest BCUT2D eigenvalue weighted by Crippen LogP contribution is -2.07. The summed E-state index contributed by atoms with van der Waals surface area (Å²) in [6.45, 7) is 2.16. The van der Waals surface area contributed by atoms with E-state index in [1.807, 2.05) is 6.07 Å². The van der Waals surface area contributed by atoms with E-state index < -0.39 is 23.1 Å². The summed E-state index contributed by atoms with van der Waals surface area (Å²) in [7, 11) is 0. The van der Waals surface area contributed by atoms with Crippen LogP contribution >= 0.6 is 0 Å². The lowest BCUT2D eigenvalue weighted by molar-refractivity contribution is -0.137. The summed E-state index contributed by atoms with van der Waals surface area (Å²) in [4.78, 5) is 0. The summed E-state index contributed by atoms with van der Waals surface area (Å²) in [6, 6.07) is 14.3. The number of rotatable bonds is 1. The first-order chi connectivity index (χ1) is 9.88. The van der Waals surface area contributed by atoms with Crippen LogP contribution in [0.5, 0.6) is 5.75 Å². The van der Waals surface area contributed by atoms with Gasteiger partial charge < -0.3 is 5.11 Å². The molecule has 0 amide bonds. The fraction of sp³-hybridized carbons (Fsp3) is 0.188. The Morgan fingerprint density at radius 2 is 1.71 bits per heavy atom. The number of nitriles is 1. The van der Waals surface area contributed by atoms with Crippen molar-refractivity contribution in [3.05, 3.63) is 65.2 Å². The minimum atomic E-state index is -4.61. The SMILES string of the molecule is CCc1ccccc1.N#Cc1ccc(O)cc1C(F)(F)F. The summed E-state index contributed by atoms with van der Waals surface area (Å²) < 4.78 is 36.5. The van der Waals surface area contributed by atoms with Crippen molar-refractivity contribution in [3.63, 3.8) is 0 Å². The van der Waals surface area contributed by atoms with Gasteiger partial charge in [-0.15, -0.1) is 0 Å². The van der Waals surface area contributed by atoms with E-state index in [1.165, 1.54) is 11.6 Å². The fourth-order valence-corrected chi connectivity index (χ4v) is 1.58. The van der Waals surface area contributed by atoms with Crippen molar-refractivity contribution in [3.8, 4) is 11.8 Å². The average Bonchev–Trinajstić information content (AvgIpc) is 2.48. The van der Waals surface area contributed by atoms with Crippen LogP contribution in [-0.2, 0) is 12.6 Å². The number of halogens is 3. The quantitative estimate of drug-likeness (QED) is 0.839. The molecule has 2 aromatic carbocycles. The van der Waals surface area contributed by atoms with Crippen LogP contribution in [0.4, 0.5) is 13.2 Å². The van der Waals surface area contributed by atoms with Gasteiger partial charge in [-0.25, -0.2) is 0 Å². The molecule has 0 radical (unpaired) electrons. The zero-order valence-corrected chi connectivity index (χ0v) is 11.4. The maximum atomic E-state index is 12.2. The third kappa shape index (κ3) is 5.19. The molecule has 1 N–H and O–H groups in total. The largest absolute Gasteiger partial charge is 0.508 e. The Labute approximate surface area is 121 Å². The maximum Gasteiger partial charge on any atom is 0.417 e. The standard InChI is InChI=1S/C8H4F3NO.C8H10/c9-8(10,11)7-3-6(13)2-1-5(7)4-12;1-2-8-6-4-3-5-7-8/h1-3,13H;3-7H,2H2,1H3. The van der Waals surface area contributed by atoms with Crippen molar-refractivity contribution in [2.45, 2.75) is 19.5 Å². The number of aromatic hydroxyl groups is 1. The molecule has 2 rings (SSSR count). The van der Waals surface area contributed by atoms with E-state index in [1.54, 1.807) is 0 Å². The number of phenolic OH excluding ortho intramolecular Hbond substituents is 1. The molecular formula is C16H14F3NO. The molecular weight excluding hydrogens is 279 g/mol. The lowest BCUT2D eigenvalue weighted by atomic mass is 10.1. The van der Waals surface area contributed by atoms with Crippen LogP contribution in [0, 0.1) is 11.3 Å². The zero-order chi connectivity index (χ0) is 15.9. The molecule has 5 heteroatoms. The van der Waals surface area contributed by atoms with E-state index >= 15 is 0 Å². The minimum Gasteiger partial charge on any atom is -0.508 e. The number of hydrogen-bond donors (Lipinski definition) is 1. The van der Waals surface area contributed by atoms with E-state index in [4.69, 9.17) is 10.4 Å². The second kappa shape index (κ2) is 7.34. The molecule has 0 unspecified atom stereocenters. The molecule has 2 nitrogen and oxygen atoms in total. The van der Waals surface area contributed by atoms with Gasteiger partial charge in [0.15, 0.2) is 0 Å². The second-order valence-electron chi connectivity index (χ2n) is 4.18. The lowest BCUT2D eigenvalue weighted by Gasteiger charge is -2.08. The Bertz CT molecular complexity index is 616. The normalized spacial score (nSPS) is 10.2. The summed E-state index contributed by atoms with van der Waals surface area (Å²) in [6.07, 6.45) is -3.47. The Kier molecular flexibility index (Phi) is 5.79. The predicted molar refractivity (Wildman–Crippen MR) is 73.6 cm³/mol. The highest BCUT2D eigenvalue weighted by molar-refractivity contribution is 5.43. The third-order valence-corrected chi connectivity index (χ3v) is 2.68. The molecule has 110 valence electrons. The zero-order valence-electron chi connectivity index (χ0n) is 11.4. The number of phenols is 1. The van der Waals surface area contributed by atoms with Crippen molar-refractivity contribution >= 4 is 0 Å². The van der Waals surface area contributed by atoms with Gasteiger partial charge in [0.2, 0.25) is 0 Å². The van der Waals surface area contributed by atoms with Gasteiger partial charge in [-0.2, -0.15) is 18.4 Å². The van der Waals surface area contributed by atoms with Gasteiger partial charge in [-0.1, -0.05) is 37.3 Å². The van der Waals surface area contributed by atoms with Gasteiger partial charge in [0.05, 0.1) is 17.2 Å². The highest BCUT2D eigenvalue weighted by Gasteiger charge is 2.33. The number of benzene rings is 2. The van der Waals surface area contributed by atoms with Crippen LogP contribution in [0.25, 0.3) is 0 Å². The molecule has 0 saturated heterocycles. The molecule has 0 fully saturated rings. The van der Waals surface area contributed by atoms with Gasteiger partial charge in [0, 0.05) is 0 Å². The van der Waals surface area contributed by atoms with E-state index in [0.717, 1.165) is 18.6 Å². The minimum absolute atomic E-state index is 0.495. The summed E-state index contributed by atoms with van der Waals surface area (Å²) in [5, 5.41) is 17.1. The molecule has 2 aromatic rings. The molecule has 0 atom stereocenters. The maximum absolute atomic E-state index is 12.2. The molecule has 0 aromatic heterocycles. The van der Waals surface area contributed by atoms with Gasteiger partial charge in [0.1, 0.15) is 5.75 Å². The molecule has 0 saturated carbocycles.